The average Bonchev–Trinajstić information content (AvgIpc) is 2.75. The number of benzene rings is 1. The number of hydrogen-bond donors (Lipinski definition) is 1. The van der Waals surface area contributed by atoms with Gasteiger partial charge in [0.25, 0.3) is 0 Å². The molecule has 0 bridgehead atoms. The predicted octanol–water partition coefficient (Wildman–Crippen LogP) is 1.28. The van der Waals surface area contributed by atoms with Gasteiger partial charge in [0.05, 0.1) is 12.1 Å². The molecular weight excluding hydrogens is 254 g/mol. The van der Waals surface area contributed by atoms with Gasteiger partial charge < -0.3 is 9.84 Å². The summed E-state index contributed by atoms with van der Waals surface area (Å²) < 4.78 is 5.37. The van der Waals surface area contributed by atoms with Gasteiger partial charge in [-0.2, -0.15) is 0 Å². The Bertz CT molecular complexity index is 558. The van der Waals surface area contributed by atoms with E-state index in [-0.39, 0.29) is 30.1 Å². The predicted molar refractivity (Wildman–Crippen MR) is 73.0 cm³/mol. The summed E-state index contributed by atoms with van der Waals surface area (Å²) in [7, 11) is 0. The van der Waals surface area contributed by atoms with Crippen LogP contribution < -0.4 is 0 Å². The first kappa shape index (κ1) is 12.4. The van der Waals surface area contributed by atoms with Crippen LogP contribution in [0.5, 0.6) is 0 Å². The minimum Gasteiger partial charge on any atom is -0.461 e. The molecule has 0 amide bonds. The van der Waals surface area contributed by atoms with E-state index in [1.165, 1.54) is 11.1 Å². The lowest BCUT2D eigenvalue weighted by molar-refractivity contribution is -0.147. The second-order valence-corrected chi connectivity index (χ2v) is 6.16. The van der Waals surface area contributed by atoms with Crippen molar-refractivity contribution in [2.75, 3.05) is 6.54 Å². The monoisotopic (exact) mass is 273 g/mol. The summed E-state index contributed by atoms with van der Waals surface area (Å²) in [6, 6.07) is 8.69. The van der Waals surface area contributed by atoms with Crippen molar-refractivity contribution in [2.24, 2.45) is 5.92 Å². The minimum absolute atomic E-state index is 0.0182. The van der Waals surface area contributed by atoms with Crippen molar-refractivity contribution in [1.29, 1.82) is 0 Å². The third-order valence-electron chi connectivity index (χ3n) is 5.14. The first-order valence-corrected chi connectivity index (χ1v) is 7.39. The molecule has 2 saturated heterocycles. The number of carbonyl (C=O) groups is 1. The highest BCUT2D eigenvalue weighted by Crippen LogP contribution is 2.45. The quantitative estimate of drug-likeness (QED) is 0.724. The van der Waals surface area contributed by atoms with Crippen LogP contribution in [0.2, 0.25) is 0 Å². The number of rotatable bonds is 0. The summed E-state index contributed by atoms with van der Waals surface area (Å²) in [5.74, 6) is -0.598. The van der Waals surface area contributed by atoms with Crippen LogP contribution in [0.25, 0.3) is 0 Å². The molecule has 5 atom stereocenters. The van der Waals surface area contributed by atoms with Gasteiger partial charge in [-0.3, -0.25) is 9.69 Å². The maximum atomic E-state index is 11.9. The standard InChI is InChI=1S/C16H19NO3/c1-9-15-14(16(19)20-9)13(18)8-12-11-5-3-2-4-10(11)6-7-17(12)15/h2-5,9,12-15,18H,6-8H2,1H3/t9-,12+,13+,14+,15+/m0/s1. The highest BCUT2D eigenvalue weighted by atomic mass is 16.6. The number of carbonyl (C=O) groups excluding carboxylic acids is 1. The van der Waals surface area contributed by atoms with E-state index in [0.29, 0.717) is 6.42 Å². The second kappa shape index (κ2) is 4.30. The van der Waals surface area contributed by atoms with Gasteiger partial charge in [0.2, 0.25) is 0 Å². The van der Waals surface area contributed by atoms with Gasteiger partial charge >= 0.3 is 5.97 Å². The van der Waals surface area contributed by atoms with Crippen LogP contribution in [0.1, 0.15) is 30.5 Å². The molecule has 0 aliphatic carbocycles. The molecule has 1 aromatic rings. The summed E-state index contributed by atoms with van der Waals surface area (Å²) in [5.41, 5.74) is 2.68. The number of hydrogen-bond acceptors (Lipinski definition) is 4. The first-order valence-electron chi connectivity index (χ1n) is 7.39. The third-order valence-corrected chi connectivity index (χ3v) is 5.14. The van der Waals surface area contributed by atoms with Crippen molar-refractivity contribution in [3.05, 3.63) is 35.4 Å². The lowest BCUT2D eigenvalue weighted by Crippen LogP contribution is -2.56. The van der Waals surface area contributed by atoms with E-state index in [1.54, 1.807) is 0 Å². The van der Waals surface area contributed by atoms with Crippen LogP contribution in [0, 0.1) is 5.92 Å². The number of fused-ring (bicyclic) bond motifs is 5. The normalized spacial score (nSPS) is 39.7. The summed E-state index contributed by atoms with van der Waals surface area (Å²) in [6.45, 7) is 2.88. The summed E-state index contributed by atoms with van der Waals surface area (Å²) in [4.78, 5) is 14.3. The van der Waals surface area contributed by atoms with Crippen molar-refractivity contribution < 1.29 is 14.6 Å². The zero-order valence-electron chi connectivity index (χ0n) is 11.5. The van der Waals surface area contributed by atoms with E-state index in [2.05, 4.69) is 29.2 Å². The molecule has 4 heteroatoms. The highest BCUT2D eigenvalue weighted by Gasteiger charge is 2.55. The Hall–Kier alpha value is -1.39. The average molecular weight is 273 g/mol. The number of aliphatic hydroxyl groups excluding tert-OH is 1. The van der Waals surface area contributed by atoms with E-state index in [0.717, 1.165) is 13.0 Å². The maximum absolute atomic E-state index is 11.9. The lowest BCUT2D eigenvalue weighted by Gasteiger charge is -2.48. The fourth-order valence-corrected chi connectivity index (χ4v) is 4.29. The van der Waals surface area contributed by atoms with Gasteiger partial charge in [0.15, 0.2) is 0 Å². The van der Waals surface area contributed by atoms with Gasteiger partial charge in [0, 0.05) is 12.6 Å². The number of esters is 1. The van der Waals surface area contributed by atoms with Crippen LogP contribution >= 0.6 is 0 Å². The van der Waals surface area contributed by atoms with Crippen LogP contribution in [0.3, 0.4) is 0 Å². The van der Waals surface area contributed by atoms with E-state index >= 15 is 0 Å². The molecular formula is C16H19NO3. The summed E-state index contributed by atoms with van der Waals surface area (Å²) in [5, 5.41) is 10.4. The Labute approximate surface area is 118 Å². The van der Waals surface area contributed by atoms with Crippen LogP contribution in [-0.2, 0) is 16.0 Å². The van der Waals surface area contributed by atoms with Crippen molar-refractivity contribution in [3.63, 3.8) is 0 Å². The Morgan fingerprint density at radius 3 is 3.00 bits per heavy atom. The molecule has 0 radical (unpaired) electrons. The second-order valence-electron chi connectivity index (χ2n) is 6.16. The largest absolute Gasteiger partial charge is 0.461 e. The number of piperidine rings is 1. The van der Waals surface area contributed by atoms with Crippen molar-refractivity contribution >= 4 is 5.97 Å². The summed E-state index contributed by atoms with van der Waals surface area (Å²) in [6.07, 6.45) is 0.910. The molecule has 0 spiro atoms. The number of ether oxygens (including phenoxy) is 1. The Morgan fingerprint density at radius 2 is 2.15 bits per heavy atom. The van der Waals surface area contributed by atoms with E-state index in [1.807, 2.05) is 6.92 Å². The van der Waals surface area contributed by atoms with E-state index < -0.39 is 6.10 Å². The van der Waals surface area contributed by atoms with Crippen molar-refractivity contribution in [1.82, 2.24) is 4.90 Å². The van der Waals surface area contributed by atoms with Crippen LogP contribution in [0.15, 0.2) is 24.3 Å². The number of nitrogens with zero attached hydrogens (tertiary/aromatic N) is 1. The fourth-order valence-electron chi connectivity index (χ4n) is 4.29. The number of aliphatic hydroxyl groups is 1. The molecule has 0 unspecified atom stereocenters. The van der Waals surface area contributed by atoms with E-state index in [9.17, 15) is 9.90 Å². The molecule has 3 aliphatic rings. The molecule has 20 heavy (non-hydrogen) atoms. The molecule has 1 aromatic carbocycles. The highest BCUT2D eigenvalue weighted by molar-refractivity contribution is 5.77. The SMILES string of the molecule is C[C@@H]1OC(=O)[C@H]2[C@@H]1N1CCc3ccccc3[C@H]1C[C@H]2O. The van der Waals surface area contributed by atoms with Gasteiger partial charge in [-0.1, -0.05) is 24.3 Å². The smallest absolute Gasteiger partial charge is 0.313 e. The molecule has 106 valence electrons. The molecule has 4 nitrogen and oxygen atoms in total. The molecule has 0 aromatic heterocycles. The molecule has 2 fully saturated rings. The summed E-state index contributed by atoms with van der Waals surface area (Å²) >= 11 is 0. The molecule has 0 saturated carbocycles. The van der Waals surface area contributed by atoms with Crippen molar-refractivity contribution in [3.8, 4) is 0 Å². The fraction of sp³-hybridized carbons (Fsp3) is 0.562. The minimum atomic E-state index is -0.593. The topological polar surface area (TPSA) is 49.8 Å². The van der Waals surface area contributed by atoms with Crippen molar-refractivity contribution in [2.45, 2.75) is 44.1 Å². The number of cyclic esters (lactones) is 1. The lowest BCUT2D eigenvalue weighted by atomic mass is 9.77. The Kier molecular flexibility index (Phi) is 2.66. The van der Waals surface area contributed by atoms with Gasteiger partial charge in [-0.05, 0) is 30.9 Å². The molecule has 3 heterocycles. The maximum Gasteiger partial charge on any atom is 0.313 e. The van der Waals surface area contributed by atoms with E-state index in [4.69, 9.17) is 4.74 Å². The van der Waals surface area contributed by atoms with Gasteiger partial charge in [-0.15, -0.1) is 0 Å². The Morgan fingerprint density at radius 1 is 1.35 bits per heavy atom. The van der Waals surface area contributed by atoms with Crippen LogP contribution in [0.4, 0.5) is 0 Å². The van der Waals surface area contributed by atoms with Crippen LogP contribution in [-0.4, -0.2) is 40.8 Å². The molecule has 1 N–H and O–H groups in total. The Balaban J connectivity index is 1.76. The molecule has 4 rings (SSSR count). The van der Waals surface area contributed by atoms with Gasteiger partial charge in [-0.25, -0.2) is 0 Å². The third kappa shape index (κ3) is 1.58. The van der Waals surface area contributed by atoms with Gasteiger partial charge in [0.1, 0.15) is 12.0 Å². The zero-order valence-corrected chi connectivity index (χ0v) is 11.5. The zero-order chi connectivity index (χ0) is 13.9. The first-order chi connectivity index (χ1) is 9.66. The molecule has 3 aliphatic heterocycles.